The molecule has 4 nitrogen and oxygen atoms in total. The van der Waals surface area contributed by atoms with Crippen LogP contribution in [0.15, 0.2) is 0 Å². The third kappa shape index (κ3) is 2.08. The van der Waals surface area contributed by atoms with Crippen molar-refractivity contribution in [2.24, 2.45) is 0 Å². The molecule has 1 aromatic heterocycles. The van der Waals surface area contributed by atoms with E-state index in [1.807, 2.05) is 16.7 Å². The van der Waals surface area contributed by atoms with Gasteiger partial charge in [-0.2, -0.15) is 16.9 Å². The number of hydrogen-bond acceptors (Lipinski definition) is 3. The predicted molar refractivity (Wildman–Crippen MR) is 68.5 cm³/mol. The van der Waals surface area contributed by atoms with E-state index in [4.69, 9.17) is 0 Å². The van der Waals surface area contributed by atoms with Crippen molar-refractivity contribution in [3.05, 3.63) is 17.0 Å². The molecule has 1 saturated heterocycles. The van der Waals surface area contributed by atoms with Crippen molar-refractivity contribution in [3.8, 4) is 0 Å². The third-order valence-corrected chi connectivity index (χ3v) is 4.50. The van der Waals surface area contributed by atoms with Gasteiger partial charge in [0.05, 0.1) is 0 Å². The van der Waals surface area contributed by atoms with E-state index >= 15 is 0 Å². The van der Waals surface area contributed by atoms with Crippen molar-refractivity contribution in [2.45, 2.75) is 25.7 Å². The summed E-state index contributed by atoms with van der Waals surface area (Å²) in [6, 6.07) is 0. The fourth-order valence-electron chi connectivity index (χ4n) is 2.57. The van der Waals surface area contributed by atoms with Crippen LogP contribution in [0, 0.1) is 0 Å². The number of fused-ring (bicyclic) bond motifs is 1. The number of carbonyl (C=O) groups is 1. The van der Waals surface area contributed by atoms with E-state index in [1.54, 1.807) is 0 Å². The fourth-order valence-corrected chi connectivity index (χ4v) is 3.48. The van der Waals surface area contributed by atoms with Gasteiger partial charge in [0.25, 0.3) is 5.91 Å². The molecule has 0 spiro atoms. The Labute approximate surface area is 105 Å². The molecule has 0 aromatic carbocycles. The summed E-state index contributed by atoms with van der Waals surface area (Å²) >= 11 is 1.92. The first kappa shape index (κ1) is 11.1. The Kier molecular flexibility index (Phi) is 3.09. The molecule has 1 fully saturated rings. The molecule has 0 saturated carbocycles. The number of rotatable bonds is 1. The number of aromatic amines is 1. The minimum atomic E-state index is 0.129. The van der Waals surface area contributed by atoms with Crippen LogP contribution in [-0.4, -0.2) is 45.6 Å². The molecule has 0 radical (unpaired) electrons. The van der Waals surface area contributed by atoms with Crippen molar-refractivity contribution >= 4 is 17.7 Å². The minimum absolute atomic E-state index is 0.129. The van der Waals surface area contributed by atoms with Crippen LogP contribution >= 0.6 is 11.8 Å². The molecule has 1 N–H and O–H groups in total. The van der Waals surface area contributed by atoms with Crippen molar-refractivity contribution in [1.29, 1.82) is 0 Å². The highest BCUT2D eigenvalue weighted by Gasteiger charge is 2.26. The first-order valence-corrected chi connectivity index (χ1v) is 7.45. The van der Waals surface area contributed by atoms with Gasteiger partial charge in [0.1, 0.15) is 0 Å². The zero-order valence-electron chi connectivity index (χ0n) is 9.87. The first-order valence-electron chi connectivity index (χ1n) is 6.29. The van der Waals surface area contributed by atoms with Gasteiger partial charge in [0.15, 0.2) is 5.69 Å². The van der Waals surface area contributed by atoms with Gasteiger partial charge in [-0.15, -0.1) is 0 Å². The highest BCUT2D eigenvalue weighted by molar-refractivity contribution is 7.99. The normalized spacial score (nSPS) is 20.1. The second-order valence-electron chi connectivity index (χ2n) is 4.64. The Balaban J connectivity index is 1.83. The maximum absolute atomic E-state index is 12.4. The molecule has 1 aliphatic heterocycles. The predicted octanol–water partition coefficient (Wildman–Crippen LogP) is 1.48. The van der Waals surface area contributed by atoms with E-state index in [2.05, 4.69) is 10.2 Å². The number of amides is 1. The summed E-state index contributed by atoms with van der Waals surface area (Å²) in [5, 5.41) is 7.29. The lowest BCUT2D eigenvalue weighted by Crippen LogP contribution is -2.38. The average molecular weight is 251 g/mol. The molecule has 1 aliphatic carbocycles. The molecule has 3 rings (SSSR count). The highest BCUT2D eigenvalue weighted by Crippen LogP contribution is 2.23. The molecule has 17 heavy (non-hydrogen) atoms. The number of nitrogens with one attached hydrogen (secondary N) is 1. The molecular weight excluding hydrogens is 234 g/mol. The SMILES string of the molecule is O=C(c1n[nH]c2c1CCCC2)N1CCSCC1. The molecule has 5 heteroatoms. The summed E-state index contributed by atoms with van der Waals surface area (Å²) in [4.78, 5) is 14.3. The lowest BCUT2D eigenvalue weighted by Gasteiger charge is -2.26. The summed E-state index contributed by atoms with van der Waals surface area (Å²) in [6.45, 7) is 1.73. The van der Waals surface area contributed by atoms with Crippen LogP contribution in [0.2, 0.25) is 0 Å². The molecule has 0 atom stereocenters. The Hall–Kier alpha value is -0.970. The Morgan fingerprint density at radius 2 is 2.00 bits per heavy atom. The summed E-state index contributed by atoms with van der Waals surface area (Å²) < 4.78 is 0. The monoisotopic (exact) mass is 251 g/mol. The summed E-state index contributed by atoms with van der Waals surface area (Å²) in [5.74, 6) is 2.24. The maximum Gasteiger partial charge on any atom is 0.274 e. The maximum atomic E-state index is 12.4. The van der Waals surface area contributed by atoms with Gasteiger partial charge in [-0.1, -0.05) is 0 Å². The largest absolute Gasteiger partial charge is 0.336 e. The number of hydrogen-bond donors (Lipinski definition) is 1. The van der Waals surface area contributed by atoms with Crippen LogP contribution in [0.5, 0.6) is 0 Å². The van der Waals surface area contributed by atoms with Gasteiger partial charge in [-0.05, 0) is 25.7 Å². The average Bonchev–Trinajstić information content (AvgIpc) is 2.83. The second kappa shape index (κ2) is 4.72. The summed E-state index contributed by atoms with van der Waals surface area (Å²) in [6.07, 6.45) is 4.45. The Morgan fingerprint density at radius 1 is 1.24 bits per heavy atom. The number of H-pyrrole nitrogens is 1. The fraction of sp³-hybridized carbons (Fsp3) is 0.667. The van der Waals surface area contributed by atoms with Crippen LogP contribution in [-0.2, 0) is 12.8 Å². The third-order valence-electron chi connectivity index (χ3n) is 3.56. The molecule has 0 unspecified atom stereocenters. The highest BCUT2D eigenvalue weighted by atomic mass is 32.2. The van der Waals surface area contributed by atoms with E-state index in [9.17, 15) is 4.79 Å². The lowest BCUT2D eigenvalue weighted by atomic mass is 9.95. The zero-order chi connectivity index (χ0) is 11.7. The minimum Gasteiger partial charge on any atom is -0.336 e. The summed E-state index contributed by atoms with van der Waals surface area (Å²) in [7, 11) is 0. The Bertz CT molecular complexity index is 423. The zero-order valence-corrected chi connectivity index (χ0v) is 10.7. The second-order valence-corrected chi connectivity index (χ2v) is 5.87. The Morgan fingerprint density at radius 3 is 2.82 bits per heavy atom. The van der Waals surface area contributed by atoms with Gasteiger partial charge >= 0.3 is 0 Å². The van der Waals surface area contributed by atoms with E-state index in [0.29, 0.717) is 5.69 Å². The molecule has 2 heterocycles. The van der Waals surface area contributed by atoms with Crippen molar-refractivity contribution < 1.29 is 4.79 Å². The van der Waals surface area contributed by atoms with Crippen molar-refractivity contribution in [2.75, 3.05) is 24.6 Å². The number of aryl methyl sites for hydroxylation is 1. The van der Waals surface area contributed by atoms with Crippen LogP contribution in [0.3, 0.4) is 0 Å². The van der Waals surface area contributed by atoms with E-state index in [-0.39, 0.29) is 5.91 Å². The molecule has 0 bridgehead atoms. The number of nitrogens with zero attached hydrogens (tertiary/aromatic N) is 2. The smallest absolute Gasteiger partial charge is 0.274 e. The van der Waals surface area contributed by atoms with Gasteiger partial charge in [0, 0.05) is 35.9 Å². The van der Waals surface area contributed by atoms with Gasteiger partial charge in [0.2, 0.25) is 0 Å². The van der Waals surface area contributed by atoms with Crippen LogP contribution < -0.4 is 0 Å². The van der Waals surface area contributed by atoms with Crippen molar-refractivity contribution in [3.63, 3.8) is 0 Å². The molecule has 1 aromatic rings. The van der Waals surface area contributed by atoms with Gasteiger partial charge in [-0.3, -0.25) is 9.89 Å². The van der Waals surface area contributed by atoms with E-state index < -0.39 is 0 Å². The first-order chi connectivity index (χ1) is 8.36. The van der Waals surface area contributed by atoms with Gasteiger partial charge < -0.3 is 4.90 Å². The standard InChI is InChI=1S/C12H17N3OS/c16-12(15-5-7-17-8-6-15)11-9-3-1-2-4-10(9)13-14-11/h1-8H2,(H,13,14). The lowest BCUT2D eigenvalue weighted by molar-refractivity contribution is 0.0765. The number of carbonyl (C=O) groups excluding carboxylic acids is 1. The number of thioether (sulfide) groups is 1. The van der Waals surface area contributed by atoms with E-state index in [1.165, 1.54) is 24.1 Å². The van der Waals surface area contributed by atoms with E-state index in [0.717, 1.165) is 37.4 Å². The molecule has 2 aliphatic rings. The molecule has 92 valence electrons. The van der Waals surface area contributed by atoms with Gasteiger partial charge in [-0.25, -0.2) is 0 Å². The van der Waals surface area contributed by atoms with Crippen LogP contribution in [0.1, 0.15) is 34.6 Å². The molecule has 1 amide bonds. The topological polar surface area (TPSA) is 49.0 Å². The van der Waals surface area contributed by atoms with Crippen LogP contribution in [0.4, 0.5) is 0 Å². The quantitative estimate of drug-likeness (QED) is 0.822. The summed E-state index contributed by atoms with van der Waals surface area (Å²) in [5.41, 5.74) is 3.05. The van der Waals surface area contributed by atoms with Crippen molar-refractivity contribution in [1.82, 2.24) is 15.1 Å². The molecular formula is C12H17N3OS. The van der Waals surface area contributed by atoms with Crippen LogP contribution in [0.25, 0.3) is 0 Å². The number of aromatic nitrogens is 2.